The van der Waals surface area contributed by atoms with Gasteiger partial charge in [-0.1, -0.05) is 6.08 Å². The van der Waals surface area contributed by atoms with E-state index in [1.54, 1.807) is 19.1 Å². The Hall–Kier alpha value is -1.84. The van der Waals surface area contributed by atoms with Gasteiger partial charge in [0.1, 0.15) is 5.56 Å². The van der Waals surface area contributed by atoms with Crippen molar-refractivity contribution in [3.63, 3.8) is 0 Å². The Bertz CT molecular complexity index is 407. The third-order valence-electron chi connectivity index (χ3n) is 1.80. The van der Waals surface area contributed by atoms with Crippen LogP contribution in [0.4, 0.5) is 0 Å². The zero-order valence-electron chi connectivity index (χ0n) is 7.96. The predicted octanol–water partition coefficient (Wildman–Crippen LogP) is 0.599. The summed E-state index contributed by atoms with van der Waals surface area (Å²) < 4.78 is 0. The molecule has 1 rings (SSSR count). The molecule has 1 heterocycles. The normalized spacial score (nSPS) is 9.50. The van der Waals surface area contributed by atoms with Crippen molar-refractivity contribution in [3.05, 3.63) is 46.4 Å². The van der Waals surface area contributed by atoms with Crippen molar-refractivity contribution in [1.29, 1.82) is 0 Å². The minimum Gasteiger partial charge on any atom is -0.348 e. The van der Waals surface area contributed by atoms with Gasteiger partial charge in [0.05, 0.1) is 0 Å². The number of aromatic nitrogens is 1. The smallest absolute Gasteiger partial charge is 0.261 e. The Labute approximate surface area is 81.7 Å². The van der Waals surface area contributed by atoms with Crippen LogP contribution in [0.3, 0.4) is 0 Å². The van der Waals surface area contributed by atoms with Crippen LogP contribution in [0, 0.1) is 6.92 Å². The highest BCUT2D eigenvalue weighted by molar-refractivity contribution is 5.95. The molecule has 0 saturated carbocycles. The fraction of sp³-hybridized carbons (Fsp3) is 0.200. The predicted molar refractivity (Wildman–Crippen MR) is 54.3 cm³/mol. The van der Waals surface area contributed by atoms with E-state index in [-0.39, 0.29) is 17.0 Å². The first kappa shape index (κ1) is 10.2. The molecule has 0 aliphatic heterocycles. The molecule has 4 heteroatoms. The third kappa shape index (κ3) is 2.10. The van der Waals surface area contributed by atoms with Crippen molar-refractivity contribution in [1.82, 2.24) is 10.3 Å². The van der Waals surface area contributed by atoms with Crippen molar-refractivity contribution in [2.45, 2.75) is 6.92 Å². The maximum Gasteiger partial charge on any atom is 0.261 e. The van der Waals surface area contributed by atoms with Crippen LogP contribution in [0.1, 0.15) is 15.9 Å². The fourth-order valence-corrected chi connectivity index (χ4v) is 1.11. The Morgan fingerprint density at radius 2 is 2.43 bits per heavy atom. The van der Waals surface area contributed by atoms with Crippen molar-refractivity contribution < 1.29 is 4.79 Å². The van der Waals surface area contributed by atoms with Crippen LogP contribution >= 0.6 is 0 Å². The van der Waals surface area contributed by atoms with E-state index in [1.165, 1.54) is 6.20 Å². The van der Waals surface area contributed by atoms with E-state index in [0.29, 0.717) is 12.1 Å². The summed E-state index contributed by atoms with van der Waals surface area (Å²) >= 11 is 0. The summed E-state index contributed by atoms with van der Waals surface area (Å²) in [6.45, 7) is 5.54. The molecule has 0 aliphatic rings. The molecule has 0 radical (unpaired) electrons. The van der Waals surface area contributed by atoms with Gasteiger partial charge in [0.25, 0.3) is 11.5 Å². The van der Waals surface area contributed by atoms with Gasteiger partial charge < -0.3 is 10.3 Å². The molecule has 0 aromatic carbocycles. The van der Waals surface area contributed by atoms with Gasteiger partial charge in [0.15, 0.2) is 0 Å². The van der Waals surface area contributed by atoms with Gasteiger partial charge in [0.2, 0.25) is 0 Å². The molecule has 0 aliphatic carbocycles. The lowest BCUT2D eigenvalue weighted by atomic mass is 10.1. The largest absolute Gasteiger partial charge is 0.348 e. The first-order valence-electron chi connectivity index (χ1n) is 4.24. The van der Waals surface area contributed by atoms with E-state index < -0.39 is 0 Å². The average molecular weight is 192 g/mol. The number of H-pyrrole nitrogens is 1. The number of carbonyl (C=O) groups excluding carboxylic acids is 1. The zero-order chi connectivity index (χ0) is 10.6. The lowest BCUT2D eigenvalue weighted by molar-refractivity contribution is 0.0956. The SMILES string of the molecule is C=CCNC(=O)c1c(C)cc[nH]c1=O. The van der Waals surface area contributed by atoms with E-state index in [2.05, 4.69) is 16.9 Å². The molecule has 2 N–H and O–H groups in total. The first-order valence-corrected chi connectivity index (χ1v) is 4.24. The number of hydrogen-bond acceptors (Lipinski definition) is 2. The second kappa shape index (κ2) is 4.41. The second-order valence-electron chi connectivity index (χ2n) is 2.86. The highest BCUT2D eigenvalue weighted by atomic mass is 16.2. The maximum absolute atomic E-state index is 11.5. The average Bonchev–Trinajstić information content (AvgIpc) is 2.14. The molecule has 0 fully saturated rings. The molecule has 1 aromatic rings. The number of amides is 1. The molecular formula is C10H12N2O2. The van der Waals surface area contributed by atoms with Gasteiger partial charge in [-0.25, -0.2) is 0 Å². The van der Waals surface area contributed by atoms with Gasteiger partial charge >= 0.3 is 0 Å². The maximum atomic E-state index is 11.5. The van der Waals surface area contributed by atoms with Gasteiger partial charge in [-0.3, -0.25) is 9.59 Å². The summed E-state index contributed by atoms with van der Waals surface area (Å²) in [6, 6.07) is 1.68. The summed E-state index contributed by atoms with van der Waals surface area (Å²) in [5, 5.41) is 2.55. The van der Waals surface area contributed by atoms with Crippen molar-refractivity contribution in [2.24, 2.45) is 0 Å². The van der Waals surface area contributed by atoms with Gasteiger partial charge in [0, 0.05) is 12.7 Å². The van der Waals surface area contributed by atoms with Crippen molar-refractivity contribution in [2.75, 3.05) is 6.54 Å². The number of aryl methyl sites for hydroxylation is 1. The molecular weight excluding hydrogens is 180 g/mol. The van der Waals surface area contributed by atoms with Crippen LogP contribution in [0.15, 0.2) is 29.7 Å². The summed E-state index contributed by atoms with van der Waals surface area (Å²) in [7, 11) is 0. The van der Waals surface area contributed by atoms with E-state index in [0.717, 1.165) is 0 Å². The quantitative estimate of drug-likeness (QED) is 0.689. The topological polar surface area (TPSA) is 62.0 Å². The lowest BCUT2D eigenvalue weighted by Gasteiger charge is -2.03. The van der Waals surface area contributed by atoms with Crippen LogP contribution in [-0.2, 0) is 0 Å². The Balaban J connectivity index is 3.00. The number of hydrogen-bond donors (Lipinski definition) is 2. The Kier molecular flexibility index (Phi) is 3.23. The number of rotatable bonds is 3. The highest BCUT2D eigenvalue weighted by Gasteiger charge is 2.11. The van der Waals surface area contributed by atoms with Gasteiger partial charge in [-0.05, 0) is 18.6 Å². The summed E-state index contributed by atoms with van der Waals surface area (Å²) in [5.74, 6) is -0.371. The zero-order valence-corrected chi connectivity index (χ0v) is 7.96. The standard InChI is InChI=1S/C10H12N2O2/c1-3-5-11-9(13)8-7(2)4-6-12-10(8)14/h3-4,6H,1,5H2,2H3,(H,11,13)(H,12,14). The Morgan fingerprint density at radius 3 is 3.00 bits per heavy atom. The molecule has 0 unspecified atom stereocenters. The van der Waals surface area contributed by atoms with Crippen molar-refractivity contribution >= 4 is 5.91 Å². The molecule has 1 aromatic heterocycles. The molecule has 0 saturated heterocycles. The lowest BCUT2D eigenvalue weighted by Crippen LogP contribution is -2.30. The van der Waals surface area contributed by atoms with Crippen molar-refractivity contribution in [3.8, 4) is 0 Å². The molecule has 0 bridgehead atoms. The van der Waals surface area contributed by atoms with E-state index in [1.807, 2.05) is 0 Å². The van der Waals surface area contributed by atoms with Gasteiger partial charge in [-0.2, -0.15) is 0 Å². The molecule has 0 atom stereocenters. The fourth-order valence-electron chi connectivity index (χ4n) is 1.11. The van der Waals surface area contributed by atoms with Crippen LogP contribution in [-0.4, -0.2) is 17.4 Å². The minimum atomic E-state index is -0.371. The van der Waals surface area contributed by atoms with E-state index in [9.17, 15) is 9.59 Å². The van der Waals surface area contributed by atoms with E-state index >= 15 is 0 Å². The molecule has 0 spiro atoms. The van der Waals surface area contributed by atoms with Crippen LogP contribution < -0.4 is 10.9 Å². The van der Waals surface area contributed by atoms with Crippen LogP contribution in [0.5, 0.6) is 0 Å². The second-order valence-corrected chi connectivity index (χ2v) is 2.86. The van der Waals surface area contributed by atoms with E-state index in [4.69, 9.17) is 0 Å². The summed E-state index contributed by atoms with van der Waals surface area (Å²) in [5.41, 5.74) is 0.455. The molecule has 4 nitrogen and oxygen atoms in total. The number of pyridine rings is 1. The molecule has 74 valence electrons. The number of carbonyl (C=O) groups is 1. The number of aromatic amines is 1. The Morgan fingerprint density at radius 1 is 1.71 bits per heavy atom. The van der Waals surface area contributed by atoms with Crippen LogP contribution in [0.2, 0.25) is 0 Å². The number of nitrogens with one attached hydrogen (secondary N) is 2. The summed E-state index contributed by atoms with van der Waals surface area (Å²) in [4.78, 5) is 25.2. The highest BCUT2D eigenvalue weighted by Crippen LogP contribution is 1.99. The first-order chi connectivity index (χ1) is 6.66. The third-order valence-corrected chi connectivity index (χ3v) is 1.80. The minimum absolute atomic E-state index is 0.161. The van der Waals surface area contributed by atoms with Crippen LogP contribution in [0.25, 0.3) is 0 Å². The summed E-state index contributed by atoms with van der Waals surface area (Å²) in [6.07, 6.45) is 3.08. The van der Waals surface area contributed by atoms with Gasteiger partial charge in [-0.15, -0.1) is 6.58 Å². The monoisotopic (exact) mass is 192 g/mol. The molecule has 1 amide bonds. The molecule has 14 heavy (non-hydrogen) atoms.